The van der Waals surface area contributed by atoms with Gasteiger partial charge in [-0.05, 0) is 46.9 Å². The SMILES string of the molecule is C#CCOC(=O)c1cc([N+](=O)[O-])cc2nc(-c3ccc(I)cc3)oc12. The molecule has 1 heterocycles. The van der Waals surface area contributed by atoms with Crippen LogP contribution in [0.5, 0.6) is 0 Å². The van der Waals surface area contributed by atoms with E-state index < -0.39 is 10.9 Å². The van der Waals surface area contributed by atoms with Crippen molar-refractivity contribution in [3.8, 4) is 23.8 Å². The summed E-state index contributed by atoms with van der Waals surface area (Å²) < 4.78 is 11.6. The third kappa shape index (κ3) is 3.46. The molecule has 0 radical (unpaired) electrons. The normalized spacial score (nSPS) is 10.4. The average molecular weight is 448 g/mol. The quantitative estimate of drug-likeness (QED) is 0.198. The number of oxazole rings is 1. The van der Waals surface area contributed by atoms with Crippen molar-refractivity contribution in [2.75, 3.05) is 6.61 Å². The zero-order chi connectivity index (χ0) is 18.0. The zero-order valence-corrected chi connectivity index (χ0v) is 14.7. The van der Waals surface area contributed by atoms with Gasteiger partial charge in [0.25, 0.3) is 5.69 Å². The topological polar surface area (TPSA) is 95.5 Å². The van der Waals surface area contributed by atoms with Crippen LogP contribution < -0.4 is 0 Å². The number of carbonyl (C=O) groups excluding carboxylic acids is 1. The Morgan fingerprint density at radius 3 is 2.72 bits per heavy atom. The number of hydrogen-bond donors (Lipinski definition) is 0. The van der Waals surface area contributed by atoms with Gasteiger partial charge in [-0.25, -0.2) is 9.78 Å². The largest absolute Gasteiger partial charge is 0.449 e. The highest BCUT2D eigenvalue weighted by molar-refractivity contribution is 14.1. The van der Waals surface area contributed by atoms with Crippen molar-refractivity contribution in [2.45, 2.75) is 0 Å². The Kier molecular flexibility index (Phi) is 4.67. The van der Waals surface area contributed by atoms with Crippen LogP contribution in [0.2, 0.25) is 0 Å². The molecule has 3 rings (SSSR count). The van der Waals surface area contributed by atoms with Gasteiger partial charge in [-0.3, -0.25) is 10.1 Å². The van der Waals surface area contributed by atoms with Gasteiger partial charge in [0.2, 0.25) is 5.89 Å². The monoisotopic (exact) mass is 448 g/mol. The first kappa shape index (κ1) is 16.9. The number of terminal acetylenes is 1. The van der Waals surface area contributed by atoms with Crippen LogP contribution in [-0.2, 0) is 4.74 Å². The molecular formula is C17H9IN2O5. The first-order valence-corrected chi connectivity index (χ1v) is 8.03. The van der Waals surface area contributed by atoms with Crippen LogP contribution in [-0.4, -0.2) is 22.5 Å². The average Bonchev–Trinajstić information content (AvgIpc) is 3.03. The molecule has 124 valence electrons. The number of rotatable bonds is 4. The van der Waals surface area contributed by atoms with Crippen LogP contribution >= 0.6 is 22.6 Å². The summed E-state index contributed by atoms with van der Waals surface area (Å²) in [5.41, 5.74) is 0.602. The lowest BCUT2D eigenvalue weighted by Gasteiger charge is -2.01. The molecule has 0 atom stereocenters. The highest BCUT2D eigenvalue weighted by Crippen LogP contribution is 2.30. The van der Waals surface area contributed by atoms with E-state index >= 15 is 0 Å². The van der Waals surface area contributed by atoms with E-state index in [4.69, 9.17) is 15.6 Å². The van der Waals surface area contributed by atoms with Gasteiger partial charge in [-0.15, -0.1) is 6.42 Å². The fourth-order valence-corrected chi connectivity index (χ4v) is 2.54. The number of fused-ring (bicyclic) bond motifs is 1. The zero-order valence-electron chi connectivity index (χ0n) is 12.6. The van der Waals surface area contributed by atoms with Crippen LogP contribution in [0.25, 0.3) is 22.6 Å². The summed E-state index contributed by atoms with van der Waals surface area (Å²) >= 11 is 2.17. The molecule has 0 saturated heterocycles. The first-order valence-electron chi connectivity index (χ1n) is 6.95. The Morgan fingerprint density at radius 2 is 2.08 bits per heavy atom. The van der Waals surface area contributed by atoms with Crippen LogP contribution in [0.15, 0.2) is 40.8 Å². The fourth-order valence-electron chi connectivity index (χ4n) is 2.18. The second-order valence-electron chi connectivity index (χ2n) is 4.90. The third-order valence-corrected chi connectivity index (χ3v) is 4.00. The van der Waals surface area contributed by atoms with E-state index in [0.29, 0.717) is 5.56 Å². The van der Waals surface area contributed by atoms with Crippen LogP contribution in [0, 0.1) is 26.0 Å². The van der Waals surface area contributed by atoms with E-state index in [0.717, 1.165) is 9.64 Å². The van der Waals surface area contributed by atoms with E-state index in [1.165, 1.54) is 6.07 Å². The van der Waals surface area contributed by atoms with Crippen molar-refractivity contribution in [3.05, 3.63) is 55.6 Å². The number of nitro groups is 1. The standard InChI is InChI=1S/C17H9IN2O5/c1-2-7-24-17(21)13-8-12(20(22)23)9-14-15(13)25-16(19-14)10-3-5-11(18)6-4-10/h1,3-6,8-9H,7H2. The van der Waals surface area contributed by atoms with E-state index in [9.17, 15) is 14.9 Å². The van der Waals surface area contributed by atoms with Crippen molar-refractivity contribution in [2.24, 2.45) is 0 Å². The maximum Gasteiger partial charge on any atom is 0.343 e. The number of non-ortho nitro benzene ring substituents is 1. The number of aromatic nitrogens is 1. The molecule has 0 unspecified atom stereocenters. The molecule has 0 bridgehead atoms. The lowest BCUT2D eigenvalue weighted by atomic mass is 10.1. The van der Waals surface area contributed by atoms with Gasteiger partial charge in [0.1, 0.15) is 11.1 Å². The van der Waals surface area contributed by atoms with Crippen LogP contribution in [0.1, 0.15) is 10.4 Å². The molecule has 0 aliphatic rings. The van der Waals surface area contributed by atoms with Crippen molar-refractivity contribution >= 4 is 45.3 Å². The Labute approximate surface area is 155 Å². The predicted molar refractivity (Wildman–Crippen MR) is 97.9 cm³/mol. The third-order valence-electron chi connectivity index (χ3n) is 3.28. The van der Waals surface area contributed by atoms with Gasteiger partial charge in [-0.2, -0.15) is 0 Å². The molecule has 7 nitrogen and oxygen atoms in total. The number of nitrogens with zero attached hydrogens (tertiary/aromatic N) is 2. The molecule has 0 fully saturated rings. The minimum Gasteiger partial charge on any atom is -0.449 e. The van der Waals surface area contributed by atoms with Gasteiger partial charge in [0, 0.05) is 21.3 Å². The number of esters is 1. The molecular weight excluding hydrogens is 439 g/mol. The highest BCUT2D eigenvalue weighted by atomic mass is 127. The number of nitro benzene ring substituents is 1. The molecule has 0 aliphatic heterocycles. The number of ether oxygens (including phenoxy) is 1. The summed E-state index contributed by atoms with van der Waals surface area (Å²) in [5, 5.41) is 11.1. The molecule has 8 heteroatoms. The van der Waals surface area contributed by atoms with Gasteiger partial charge >= 0.3 is 5.97 Å². The molecule has 0 N–H and O–H groups in total. The predicted octanol–water partition coefficient (Wildman–Crippen LogP) is 3.80. The van der Waals surface area contributed by atoms with Gasteiger partial charge in [0.15, 0.2) is 12.2 Å². The molecule has 0 saturated carbocycles. The molecule has 2 aromatic carbocycles. The smallest absolute Gasteiger partial charge is 0.343 e. The van der Waals surface area contributed by atoms with Gasteiger partial charge in [0.05, 0.1) is 4.92 Å². The number of hydrogen-bond acceptors (Lipinski definition) is 6. The molecule has 1 aromatic heterocycles. The van der Waals surface area contributed by atoms with Gasteiger partial charge in [-0.1, -0.05) is 5.92 Å². The second-order valence-corrected chi connectivity index (χ2v) is 6.15. The minimum absolute atomic E-state index is 0.0938. The summed E-state index contributed by atoms with van der Waals surface area (Å²) in [7, 11) is 0. The Morgan fingerprint density at radius 1 is 1.36 bits per heavy atom. The van der Waals surface area contributed by atoms with E-state index in [-0.39, 0.29) is 34.8 Å². The Hall–Kier alpha value is -2.93. The van der Waals surface area contributed by atoms with Gasteiger partial charge < -0.3 is 9.15 Å². The summed E-state index contributed by atoms with van der Waals surface area (Å²) in [6.45, 7) is -0.249. The Balaban J connectivity index is 2.16. The van der Waals surface area contributed by atoms with Crippen LogP contribution in [0.3, 0.4) is 0 Å². The summed E-state index contributed by atoms with van der Waals surface area (Å²) in [4.78, 5) is 26.9. The minimum atomic E-state index is -0.808. The molecule has 25 heavy (non-hydrogen) atoms. The van der Waals surface area contributed by atoms with E-state index in [1.807, 2.05) is 12.1 Å². The van der Waals surface area contributed by atoms with Crippen molar-refractivity contribution in [1.82, 2.24) is 4.98 Å². The molecule has 3 aromatic rings. The number of halogens is 1. The fraction of sp³-hybridized carbons (Fsp3) is 0.0588. The maximum absolute atomic E-state index is 12.2. The van der Waals surface area contributed by atoms with Crippen molar-refractivity contribution < 1.29 is 18.9 Å². The second kappa shape index (κ2) is 6.90. The summed E-state index contributed by atoms with van der Waals surface area (Å²) in [5.74, 6) is 1.61. The molecule has 0 aliphatic carbocycles. The molecule has 0 spiro atoms. The lowest BCUT2D eigenvalue weighted by Crippen LogP contribution is -2.06. The van der Waals surface area contributed by atoms with E-state index in [1.54, 1.807) is 12.1 Å². The molecule has 0 amide bonds. The number of carbonyl (C=O) groups is 1. The summed E-state index contributed by atoms with van der Waals surface area (Å²) in [6, 6.07) is 9.68. The van der Waals surface area contributed by atoms with Crippen molar-refractivity contribution in [3.63, 3.8) is 0 Å². The maximum atomic E-state index is 12.2. The lowest BCUT2D eigenvalue weighted by molar-refractivity contribution is -0.384. The van der Waals surface area contributed by atoms with Crippen molar-refractivity contribution in [1.29, 1.82) is 0 Å². The van der Waals surface area contributed by atoms with Crippen LogP contribution in [0.4, 0.5) is 5.69 Å². The Bertz CT molecular complexity index is 1020. The first-order chi connectivity index (χ1) is 12.0. The van der Waals surface area contributed by atoms with E-state index in [2.05, 4.69) is 33.5 Å². The highest BCUT2D eigenvalue weighted by Gasteiger charge is 2.23. The summed E-state index contributed by atoms with van der Waals surface area (Å²) in [6.07, 6.45) is 5.07. The number of benzene rings is 2.